The molecule has 0 radical (unpaired) electrons. The Morgan fingerprint density at radius 3 is 2.25 bits per heavy atom. The molecule has 0 aromatic carbocycles. The zero-order valence-electron chi connectivity index (χ0n) is 25.4. The van der Waals surface area contributed by atoms with Gasteiger partial charge in [0.1, 0.15) is 6.10 Å². The number of unbranched alkanes of at least 4 members (excludes halogenated alkanes) is 13. The summed E-state index contributed by atoms with van der Waals surface area (Å²) in [5.74, 6) is -0.178. The van der Waals surface area contributed by atoms with Crippen LogP contribution in [-0.2, 0) is 9.53 Å². The molecule has 232 valence electrons. The van der Waals surface area contributed by atoms with Gasteiger partial charge in [0.05, 0.1) is 18.8 Å². The molecule has 0 fully saturated rings. The first-order valence-corrected chi connectivity index (χ1v) is 16.4. The van der Waals surface area contributed by atoms with Gasteiger partial charge >= 0.3 is 6.09 Å². The molecule has 1 rings (SSSR count). The molecule has 0 spiro atoms. The Morgan fingerprint density at radius 2 is 1.55 bits per heavy atom. The highest BCUT2D eigenvalue weighted by molar-refractivity contribution is 5.76. The van der Waals surface area contributed by atoms with E-state index in [-0.39, 0.29) is 24.7 Å². The molecule has 40 heavy (non-hydrogen) atoms. The lowest BCUT2D eigenvalue weighted by Crippen LogP contribution is -2.45. The van der Waals surface area contributed by atoms with Crippen molar-refractivity contribution in [1.82, 2.24) is 10.6 Å². The molecule has 0 saturated heterocycles. The van der Waals surface area contributed by atoms with Gasteiger partial charge in [-0.25, -0.2) is 4.79 Å². The lowest BCUT2D eigenvalue weighted by molar-refractivity contribution is -0.123. The number of carbonyl (C=O) groups is 2. The second-order valence-corrected chi connectivity index (χ2v) is 11.3. The van der Waals surface area contributed by atoms with Gasteiger partial charge in [-0.1, -0.05) is 102 Å². The quantitative estimate of drug-likeness (QED) is 0.0772. The molecular weight excluding hydrogens is 504 g/mol. The topological polar surface area (TPSA) is 108 Å². The van der Waals surface area contributed by atoms with Crippen molar-refractivity contribution in [2.45, 2.75) is 160 Å². The minimum absolute atomic E-state index is 0.0112. The summed E-state index contributed by atoms with van der Waals surface area (Å²) >= 11 is 0. The molecular formula is C33H60N2O5. The van der Waals surface area contributed by atoms with Crippen molar-refractivity contribution in [3.8, 4) is 0 Å². The fourth-order valence-electron chi connectivity index (χ4n) is 5.03. The van der Waals surface area contributed by atoms with Gasteiger partial charge in [-0.3, -0.25) is 4.79 Å². The van der Waals surface area contributed by atoms with Gasteiger partial charge in [0, 0.05) is 13.0 Å². The normalized spacial score (nSPS) is 18.0. The van der Waals surface area contributed by atoms with E-state index in [2.05, 4.69) is 29.7 Å². The Morgan fingerprint density at radius 1 is 0.900 bits per heavy atom. The standard InChI is InChI=1S/C33H60N2O5/c1-2-3-4-5-6-7-8-9-10-11-12-16-20-25-31(37)30(28-36)35-32(38)26-21-17-22-27-34-33(39)40-29-23-18-14-13-15-19-24-29/h13-14,20,25,29-31,36-37H,2-12,15-19,21-24,26-28H2,1H3,(H,34,39)(H,35,38)/b14-13+,25-20+/t29?,30-,31+/m0/s1. The molecule has 1 aliphatic carbocycles. The van der Waals surface area contributed by atoms with Gasteiger partial charge in [0.15, 0.2) is 0 Å². The summed E-state index contributed by atoms with van der Waals surface area (Å²) in [6, 6.07) is -0.693. The summed E-state index contributed by atoms with van der Waals surface area (Å²) in [7, 11) is 0. The van der Waals surface area contributed by atoms with Crippen molar-refractivity contribution in [2.75, 3.05) is 13.2 Å². The van der Waals surface area contributed by atoms with Crippen LogP contribution in [0.4, 0.5) is 4.79 Å². The molecule has 0 heterocycles. The molecule has 0 aliphatic heterocycles. The van der Waals surface area contributed by atoms with Gasteiger partial charge < -0.3 is 25.6 Å². The van der Waals surface area contributed by atoms with Crippen LogP contribution in [0, 0.1) is 0 Å². The predicted octanol–water partition coefficient (Wildman–Crippen LogP) is 7.26. The highest BCUT2D eigenvalue weighted by Gasteiger charge is 2.18. The third kappa shape index (κ3) is 21.0. The third-order valence-electron chi connectivity index (χ3n) is 7.61. The number of alkyl carbamates (subject to hydrolysis) is 1. The van der Waals surface area contributed by atoms with E-state index < -0.39 is 12.1 Å². The van der Waals surface area contributed by atoms with Crippen molar-refractivity contribution in [1.29, 1.82) is 0 Å². The van der Waals surface area contributed by atoms with Crippen molar-refractivity contribution in [2.24, 2.45) is 0 Å². The molecule has 7 nitrogen and oxygen atoms in total. The zero-order chi connectivity index (χ0) is 29.1. The fraction of sp³-hybridized carbons (Fsp3) is 0.818. The number of carbonyl (C=O) groups excluding carboxylic acids is 2. The largest absolute Gasteiger partial charge is 0.446 e. The molecule has 7 heteroatoms. The molecule has 0 aromatic heterocycles. The average molecular weight is 565 g/mol. The number of ether oxygens (including phenoxy) is 1. The van der Waals surface area contributed by atoms with E-state index in [1.165, 1.54) is 64.2 Å². The Balaban J connectivity index is 2.03. The summed E-state index contributed by atoms with van der Waals surface area (Å²) in [6.45, 7) is 2.47. The molecule has 0 bridgehead atoms. The average Bonchev–Trinajstić information content (AvgIpc) is 2.93. The highest BCUT2D eigenvalue weighted by atomic mass is 16.6. The number of aliphatic hydroxyl groups excluding tert-OH is 2. The Labute approximate surface area is 244 Å². The fourth-order valence-corrected chi connectivity index (χ4v) is 5.03. The van der Waals surface area contributed by atoms with E-state index in [0.29, 0.717) is 19.4 Å². The van der Waals surface area contributed by atoms with Crippen LogP contribution in [0.1, 0.15) is 142 Å². The Bertz CT molecular complexity index is 682. The van der Waals surface area contributed by atoms with E-state index in [1.54, 1.807) is 6.08 Å². The number of allylic oxidation sites excluding steroid dienone is 3. The van der Waals surface area contributed by atoms with Crippen LogP contribution in [0.5, 0.6) is 0 Å². The van der Waals surface area contributed by atoms with Gasteiger partial charge in [-0.15, -0.1) is 0 Å². The number of aliphatic hydroxyl groups is 2. The third-order valence-corrected chi connectivity index (χ3v) is 7.61. The van der Waals surface area contributed by atoms with Crippen LogP contribution < -0.4 is 10.6 Å². The van der Waals surface area contributed by atoms with Crippen molar-refractivity contribution < 1.29 is 24.5 Å². The van der Waals surface area contributed by atoms with Gasteiger partial charge in [0.2, 0.25) is 5.91 Å². The number of nitrogens with one attached hydrogen (secondary N) is 2. The van der Waals surface area contributed by atoms with Crippen LogP contribution in [-0.4, -0.2) is 53.6 Å². The molecule has 0 saturated carbocycles. The van der Waals surface area contributed by atoms with Gasteiger partial charge in [-0.2, -0.15) is 0 Å². The molecule has 3 atom stereocenters. The molecule has 4 N–H and O–H groups in total. The van der Waals surface area contributed by atoms with E-state index >= 15 is 0 Å². The van der Waals surface area contributed by atoms with Crippen LogP contribution in [0.3, 0.4) is 0 Å². The summed E-state index contributed by atoms with van der Waals surface area (Å²) in [6.07, 6.45) is 29.4. The van der Waals surface area contributed by atoms with Crippen molar-refractivity contribution in [3.63, 3.8) is 0 Å². The van der Waals surface area contributed by atoms with Gasteiger partial charge in [0.25, 0.3) is 0 Å². The van der Waals surface area contributed by atoms with Crippen molar-refractivity contribution >= 4 is 12.0 Å². The van der Waals surface area contributed by atoms with Crippen molar-refractivity contribution in [3.05, 3.63) is 24.3 Å². The molecule has 1 aliphatic rings. The lowest BCUT2D eigenvalue weighted by Gasteiger charge is -2.20. The number of rotatable bonds is 23. The maximum Gasteiger partial charge on any atom is 0.407 e. The molecule has 2 amide bonds. The summed E-state index contributed by atoms with van der Waals surface area (Å²) in [4.78, 5) is 24.3. The van der Waals surface area contributed by atoms with E-state index in [1.807, 2.05) is 6.08 Å². The number of hydrogen-bond acceptors (Lipinski definition) is 5. The minimum atomic E-state index is -0.897. The van der Waals surface area contributed by atoms with Crippen LogP contribution in [0.25, 0.3) is 0 Å². The molecule has 1 unspecified atom stereocenters. The first-order chi connectivity index (χ1) is 19.6. The first kappa shape index (κ1) is 36.2. The maximum atomic E-state index is 12.3. The Kier molecular flexibility index (Phi) is 23.6. The monoisotopic (exact) mass is 564 g/mol. The van der Waals surface area contributed by atoms with E-state index in [0.717, 1.165) is 57.8 Å². The second-order valence-electron chi connectivity index (χ2n) is 11.3. The summed E-state index contributed by atoms with van der Waals surface area (Å²) in [5, 5.41) is 25.5. The first-order valence-electron chi connectivity index (χ1n) is 16.4. The smallest absolute Gasteiger partial charge is 0.407 e. The second kappa shape index (κ2) is 26.1. The SMILES string of the molecule is CCCCCCCCCCCCC/C=C/[C@@H](O)[C@H](CO)NC(=O)CCCCCNC(=O)OC1CC/C=C/CCC1. The van der Waals surface area contributed by atoms with E-state index in [9.17, 15) is 19.8 Å². The summed E-state index contributed by atoms with van der Waals surface area (Å²) in [5.41, 5.74) is 0. The maximum absolute atomic E-state index is 12.3. The minimum Gasteiger partial charge on any atom is -0.446 e. The van der Waals surface area contributed by atoms with Gasteiger partial charge in [-0.05, 0) is 57.8 Å². The summed E-state index contributed by atoms with van der Waals surface area (Å²) < 4.78 is 5.53. The zero-order valence-corrected chi connectivity index (χ0v) is 25.4. The molecule has 0 aromatic rings. The predicted molar refractivity (Wildman–Crippen MR) is 164 cm³/mol. The number of hydrogen-bond donors (Lipinski definition) is 4. The number of amides is 2. The Hall–Kier alpha value is -1.86. The van der Waals surface area contributed by atoms with Crippen LogP contribution in [0.2, 0.25) is 0 Å². The van der Waals surface area contributed by atoms with E-state index in [4.69, 9.17) is 4.74 Å². The van der Waals surface area contributed by atoms with Crippen LogP contribution in [0.15, 0.2) is 24.3 Å². The highest BCUT2D eigenvalue weighted by Crippen LogP contribution is 2.16. The van der Waals surface area contributed by atoms with Crippen LogP contribution >= 0.6 is 0 Å². The lowest BCUT2D eigenvalue weighted by atomic mass is 10.0.